The van der Waals surface area contributed by atoms with Crippen LogP contribution in [0.3, 0.4) is 0 Å². The minimum absolute atomic E-state index is 0.0375. The highest BCUT2D eigenvalue weighted by Crippen LogP contribution is 2.47. The molecule has 0 saturated carbocycles. The first kappa shape index (κ1) is 30.2. The summed E-state index contributed by atoms with van der Waals surface area (Å²) in [5, 5.41) is 2.95. The van der Waals surface area contributed by atoms with Crippen molar-refractivity contribution in [2.45, 2.75) is 62.4 Å². The molecule has 0 bridgehead atoms. The molecule has 2 aliphatic rings. The number of methoxy groups -OCH3 is 1. The SMILES string of the molecule is COc1ccc(CC(=O)Nc2cccc(-c3ccc([C@@]4(CC(=O)NOC5CCCCO5)CCCCS4(=O)=O)s3)c2)cc1. The van der Waals surface area contributed by atoms with Crippen LogP contribution in [-0.4, -0.2) is 46.0 Å². The van der Waals surface area contributed by atoms with E-state index in [1.165, 1.54) is 11.3 Å². The Morgan fingerprint density at radius 1 is 1.02 bits per heavy atom. The first-order chi connectivity index (χ1) is 20.3. The number of anilines is 1. The van der Waals surface area contributed by atoms with Crippen LogP contribution in [0.25, 0.3) is 10.4 Å². The molecule has 2 aliphatic heterocycles. The molecule has 2 amide bonds. The van der Waals surface area contributed by atoms with E-state index >= 15 is 0 Å². The molecule has 3 aromatic rings. The zero-order chi connectivity index (χ0) is 29.6. The Morgan fingerprint density at radius 3 is 2.60 bits per heavy atom. The van der Waals surface area contributed by atoms with E-state index in [0.29, 0.717) is 42.9 Å². The molecule has 2 N–H and O–H groups in total. The monoisotopic (exact) mass is 612 g/mol. The third-order valence-electron chi connectivity index (χ3n) is 7.74. The summed E-state index contributed by atoms with van der Waals surface area (Å²) >= 11 is 1.37. The Hall–Kier alpha value is -3.25. The van der Waals surface area contributed by atoms with Gasteiger partial charge < -0.3 is 14.8 Å². The highest BCUT2D eigenvalue weighted by molar-refractivity contribution is 7.92. The highest BCUT2D eigenvalue weighted by atomic mass is 32.2. The molecule has 1 aromatic heterocycles. The lowest BCUT2D eigenvalue weighted by molar-refractivity contribution is -0.200. The number of sulfone groups is 1. The summed E-state index contributed by atoms with van der Waals surface area (Å²) in [5.74, 6) is 0.137. The third kappa shape index (κ3) is 7.03. The van der Waals surface area contributed by atoms with Crippen LogP contribution in [-0.2, 0) is 40.2 Å². The van der Waals surface area contributed by atoms with E-state index in [1.54, 1.807) is 7.11 Å². The van der Waals surface area contributed by atoms with Crippen molar-refractivity contribution in [1.29, 1.82) is 0 Å². The second-order valence-corrected chi connectivity index (χ2v) is 14.2. The number of hydrogen-bond donors (Lipinski definition) is 2. The summed E-state index contributed by atoms with van der Waals surface area (Å²) in [7, 11) is -2.01. The van der Waals surface area contributed by atoms with Crippen molar-refractivity contribution < 1.29 is 32.3 Å². The molecule has 2 fully saturated rings. The van der Waals surface area contributed by atoms with E-state index in [4.69, 9.17) is 14.3 Å². The first-order valence-electron chi connectivity index (χ1n) is 14.2. The lowest BCUT2D eigenvalue weighted by Gasteiger charge is -2.35. The van der Waals surface area contributed by atoms with Crippen LogP contribution in [0.5, 0.6) is 5.75 Å². The summed E-state index contributed by atoms with van der Waals surface area (Å²) in [6, 6.07) is 18.5. The minimum Gasteiger partial charge on any atom is -0.497 e. The van der Waals surface area contributed by atoms with Gasteiger partial charge >= 0.3 is 0 Å². The van der Waals surface area contributed by atoms with Gasteiger partial charge in [0.15, 0.2) is 16.1 Å². The van der Waals surface area contributed by atoms with E-state index in [0.717, 1.165) is 34.6 Å². The number of carbonyl (C=O) groups excluding carboxylic acids is 2. The maximum absolute atomic E-state index is 13.6. The average molecular weight is 613 g/mol. The Kier molecular flexibility index (Phi) is 9.62. The molecule has 2 atom stereocenters. The molecular weight excluding hydrogens is 576 g/mol. The van der Waals surface area contributed by atoms with E-state index in [-0.39, 0.29) is 24.5 Å². The van der Waals surface area contributed by atoms with Gasteiger partial charge in [0.05, 0.1) is 25.7 Å². The molecule has 0 spiro atoms. The van der Waals surface area contributed by atoms with E-state index < -0.39 is 26.8 Å². The van der Waals surface area contributed by atoms with Crippen molar-refractivity contribution in [3.05, 3.63) is 71.1 Å². The van der Waals surface area contributed by atoms with Gasteiger partial charge in [0.1, 0.15) is 10.5 Å². The van der Waals surface area contributed by atoms with Crippen LogP contribution in [0.15, 0.2) is 60.7 Å². The number of ether oxygens (including phenoxy) is 2. The summed E-state index contributed by atoms with van der Waals surface area (Å²) in [6.45, 7) is 0.574. The number of carbonyl (C=O) groups is 2. The Balaban J connectivity index is 1.31. The minimum atomic E-state index is -3.61. The van der Waals surface area contributed by atoms with Gasteiger partial charge in [-0.15, -0.1) is 11.3 Å². The number of thiophene rings is 1. The van der Waals surface area contributed by atoms with Gasteiger partial charge in [0.25, 0.3) is 0 Å². The smallest absolute Gasteiger partial charge is 0.245 e. The average Bonchev–Trinajstić information content (AvgIpc) is 3.49. The van der Waals surface area contributed by atoms with Crippen molar-refractivity contribution in [1.82, 2.24) is 5.48 Å². The van der Waals surface area contributed by atoms with Crippen LogP contribution in [0.1, 0.15) is 55.4 Å². The van der Waals surface area contributed by atoms with E-state index in [2.05, 4.69) is 10.8 Å². The first-order valence-corrected chi connectivity index (χ1v) is 16.7. The summed E-state index contributed by atoms with van der Waals surface area (Å²) in [5.41, 5.74) is 4.80. The predicted molar refractivity (Wildman–Crippen MR) is 162 cm³/mol. The van der Waals surface area contributed by atoms with Gasteiger partial charge in [-0.1, -0.05) is 30.7 Å². The largest absolute Gasteiger partial charge is 0.497 e. The number of nitrogens with one attached hydrogen (secondary N) is 2. The normalized spacial score (nSPS) is 21.8. The maximum atomic E-state index is 13.6. The maximum Gasteiger partial charge on any atom is 0.245 e. The lowest BCUT2D eigenvalue weighted by Crippen LogP contribution is -2.45. The number of hydroxylamine groups is 1. The molecule has 2 aromatic carbocycles. The Labute approximate surface area is 250 Å². The molecular formula is C31H36N2O7S2. The van der Waals surface area contributed by atoms with Crippen molar-refractivity contribution in [3.8, 4) is 16.2 Å². The molecule has 2 saturated heterocycles. The van der Waals surface area contributed by atoms with Crippen LogP contribution in [0, 0.1) is 0 Å². The Bertz CT molecular complexity index is 1500. The molecule has 224 valence electrons. The molecule has 0 radical (unpaired) electrons. The molecule has 5 rings (SSSR count). The molecule has 42 heavy (non-hydrogen) atoms. The van der Waals surface area contributed by atoms with E-state index in [9.17, 15) is 18.0 Å². The van der Waals surface area contributed by atoms with Crippen molar-refractivity contribution in [2.24, 2.45) is 0 Å². The number of benzene rings is 2. The van der Waals surface area contributed by atoms with Gasteiger partial charge in [-0.05, 0) is 73.2 Å². The second kappa shape index (κ2) is 13.4. The number of rotatable bonds is 10. The fraction of sp³-hybridized carbons (Fsp3) is 0.419. The number of amides is 2. The van der Waals surface area contributed by atoms with Crippen LogP contribution in [0.2, 0.25) is 0 Å². The zero-order valence-corrected chi connectivity index (χ0v) is 25.2. The van der Waals surface area contributed by atoms with Crippen molar-refractivity contribution in [2.75, 3.05) is 24.8 Å². The zero-order valence-electron chi connectivity index (χ0n) is 23.6. The fourth-order valence-corrected chi connectivity index (χ4v) is 9.24. The fourth-order valence-electron chi connectivity index (χ4n) is 5.47. The summed E-state index contributed by atoms with van der Waals surface area (Å²) in [4.78, 5) is 32.6. The molecule has 11 heteroatoms. The van der Waals surface area contributed by atoms with Crippen molar-refractivity contribution >= 4 is 38.7 Å². The number of hydrogen-bond acceptors (Lipinski definition) is 8. The van der Waals surface area contributed by atoms with Crippen LogP contribution in [0.4, 0.5) is 5.69 Å². The lowest BCUT2D eigenvalue weighted by atomic mass is 9.94. The predicted octanol–water partition coefficient (Wildman–Crippen LogP) is 5.36. The molecule has 1 unspecified atom stereocenters. The summed E-state index contributed by atoms with van der Waals surface area (Å²) < 4.78 is 36.5. The van der Waals surface area contributed by atoms with Crippen molar-refractivity contribution in [3.63, 3.8) is 0 Å². The standard InChI is InChI=1S/C31H36N2O7S2/c1-38-25-12-10-22(11-13-25)19-28(34)32-24-8-6-7-23(20-24)26-14-15-27(41-26)31(16-3-5-18-42(31,36)37)21-29(35)33-40-30-9-2-4-17-39-30/h6-8,10-15,20,30H,2-5,9,16-19,21H2,1H3,(H,32,34)(H,33,35)/t30?,31-/m0/s1. The topological polar surface area (TPSA) is 120 Å². The molecule has 9 nitrogen and oxygen atoms in total. The Morgan fingerprint density at radius 2 is 1.86 bits per heavy atom. The van der Waals surface area contributed by atoms with Crippen LogP contribution >= 0.6 is 11.3 Å². The van der Waals surface area contributed by atoms with Gasteiger partial charge in [0.2, 0.25) is 11.8 Å². The van der Waals surface area contributed by atoms with Gasteiger partial charge in [0, 0.05) is 28.5 Å². The quantitative estimate of drug-likeness (QED) is 0.296. The van der Waals surface area contributed by atoms with Gasteiger partial charge in [-0.2, -0.15) is 0 Å². The second-order valence-electron chi connectivity index (χ2n) is 10.7. The highest BCUT2D eigenvalue weighted by Gasteiger charge is 2.49. The van der Waals surface area contributed by atoms with E-state index in [1.807, 2.05) is 60.7 Å². The third-order valence-corrected chi connectivity index (χ3v) is 11.8. The molecule has 0 aliphatic carbocycles. The van der Waals surface area contributed by atoms with Crippen LogP contribution < -0.4 is 15.5 Å². The molecule has 3 heterocycles. The van der Waals surface area contributed by atoms with Gasteiger partial charge in [-0.25, -0.2) is 18.7 Å². The summed E-state index contributed by atoms with van der Waals surface area (Å²) in [6.07, 6.45) is 3.72. The van der Waals surface area contributed by atoms with Gasteiger partial charge in [-0.3, -0.25) is 9.59 Å².